The number of alkyl halides is 2. The Labute approximate surface area is 196 Å². The minimum atomic E-state index is -3.68. The summed E-state index contributed by atoms with van der Waals surface area (Å²) in [5.41, 5.74) is 3.60. The predicted molar refractivity (Wildman–Crippen MR) is 123 cm³/mol. The van der Waals surface area contributed by atoms with Crippen molar-refractivity contribution >= 4 is 11.6 Å². The van der Waals surface area contributed by atoms with Gasteiger partial charge in [0.15, 0.2) is 11.5 Å². The molecule has 7 nitrogen and oxygen atoms in total. The molecule has 180 valence electrons. The molecule has 1 aromatic carbocycles. The van der Waals surface area contributed by atoms with E-state index in [4.69, 9.17) is 4.74 Å². The van der Waals surface area contributed by atoms with E-state index in [0.29, 0.717) is 30.8 Å². The Morgan fingerprint density at radius 1 is 1.21 bits per heavy atom. The normalized spacial score (nSPS) is 17.8. The van der Waals surface area contributed by atoms with E-state index in [1.165, 1.54) is 12.1 Å². The monoisotopic (exact) mass is 471 g/mol. The van der Waals surface area contributed by atoms with Crippen LogP contribution in [0.1, 0.15) is 36.6 Å². The molecular formula is C25H27F2N3O4. The summed E-state index contributed by atoms with van der Waals surface area (Å²) in [4.78, 5) is 17.2. The van der Waals surface area contributed by atoms with Gasteiger partial charge in [0.05, 0.1) is 12.5 Å². The summed E-state index contributed by atoms with van der Waals surface area (Å²) in [6.07, 6.45) is 1.40. The maximum atomic E-state index is 13.3. The zero-order valence-corrected chi connectivity index (χ0v) is 19.5. The van der Waals surface area contributed by atoms with Crippen molar-refractivity contribution in [3.05, 3.63) is 64.9 Å². The lowest BCUT2D eigenvalue weighted by atomic mass is 9.94. The van der Waals surface area contributed by atoms with E-state index in [-0.39, 0.29) is 17.4 Å². The van der Waals surface area contributed by atoms with Gasteiger partial charge in [-0.2, -0.15) is 0 Å². The summed E-state index contributed by atoms with van der Waals surface area (Å²) < 4.78 is 40.9. The molecule has 1 amide bonds. The van der Waals surface area contributed by atoms with Crippen LogP contribution in [-0.2, 0) is 10.2 Å². The smallest absolute Gasteiger partial charge is 0.481 e. The fourth-order valence-electron chi connectivity index (χ4n) is 4.11. The fourth-order valence-corrected chi connectivity index (χ4v) is 4.11. The second kappa shape index (κ2) is 8.96. The lowest BCUT2D eigenvalue weighted by molar-refractivity contribution is -0.286. The molecular weight excluding hydrogens is 444 g/mol. The maximum Gasteiger partial charge on any atom is 0.586 e. The van der Waals surface area contributed by atoms with Crippen LogP contribution in [0.5, 0.6) is 17.4 Å². The van der Waals surface area contributed by atoms with Crippen LogP contribution < -0.4 is 24.8 Å². The number of nitrogens with zero attached hydrogens (tertiary/aromatic N) is 1. The lowest BCUT2D eigenvalue weighted by Crippen LogP contribution is -2.34. The zero-order valence-electron chi connectivity index (χ0n) is 19.5. The van der Waals surface area contributed by atoms with Crippen LogP contribution in [0.25, 0.3) is 5.70 Å². The summed E-state index contributed by atoms with van der Waals surface area (Å²) in [6.45, 7) is 4.20. The highest BCUT2D eigenvalue weighted by Gasteiger charge is 2.52. The number of carbonyl (C=O) groups excluding carboxylic acids is 1. The minimum Gasteiger partial charge on any atom is -0.481 e. The topological polar surface area (TPSA) is 81.7 Å². The average molecular weight is 472 g/mol. The Morgan fingerprint density at radius 2 is 1.94 bits per heavy atom. The molecule has 0 spiro atoms. The number of allylic oxidation sites excluding steroid dienone is 2. The Bertz CT molecular complexity index is 1170. The number of amides is 1. The van der Waals surface area contributed by atoms with Gasteiger partial charge in [0, 0.05) is 36.6 Å². The number of pyridine rings is 1. The first-order valence-electron chi connectivity index (χ1n) is 10.9. The highest BCUT2D eigenvalue weighted by molar-refractivity contribution is 5.91. The van der Waals surface area contributed by atoms with Gasteiger partial charge in [-0.05, 0) is 56.0 Å². The number of aromatic nitrogens is 1. The third-order valence-electron chi connectivity index (χ3n) is 5.96. The number of nitrogens with one attached hydrogen (secondary N) is 2. The number of halogens is 2. The van der Waals surface area contributed by atoms with E-state index in [2.05, 4.69) is 25.1 Å². The molecule has 2 aliphatic rings. The van der Waals surface area contributed by atoms with E-state index in [1.54, 1.807) is 13.2 Å². The number of aryl methyl sites for hydroxylation is 1. The van der Waals surface area contributed by atoms with Crippen molar-refractivity contribution in [3.8, 4) is 17.4 Å². The molecule has 34 heavy (non-hydrogen) atoms. The number of methoxy groups -OCH3 is 1. The number of carbonyl (C=O) groups is 1. The molecule has 9 heteroatoms. The van der Waals surface area contributed by atoms with Gasteiger partial charge in [0.1, 0.15) is 0 Å². The molecule has 0 unspecified atom stereocenters. The van der Waals surface area contributed by atoms with E-state index < -0.39 is 11.7 Å². The summed E-state index contributed by atoms with van der Waals surface area (Å²) in [6, 6.07) is 8.35. The van der Waals surface area contributed by atoms with E-state index in [0.717, 1.165) is 22.5 Å². The van der Waals surface area contributed by atoms with Crippen LogP contribution >= 0.6 is 0 Å². The van der Waals surface area contributed by atoms with Crippen molar-refractivity contribution in [1.82, 2.24) is 15.6 Å². The van der Waals surface area contributed by atoms with Gasteiger partial charge in [-0.3, -0.25) is 4.79 Å². The van der Waals surface area contributed by atoms with Gasteiger partial charge < -0.3 is 24.8 Å². The molecule has 2 aromatic rings. The van der Waals surface area contributed by atoms with Gasteiger partial charge in [0.25, 0.3) is 0 Å². The summed E-state index contributed by atoms with van der Waals surface area (Å²) >= 11 is 0. The Hall–Kier alpha value is -3.62. The number of hydrogen-bond donors (Lipinski definition) is 2. The summed E-state index contributed by atoms with van der Waals surface area (Å²) in [5, 5.41) is 6.14. The third-order valence-corrected chi connectivity index (χ3v) is 5.96. The van der Waals surface area contributed by atoms with E-state index in [1.807, 2.05) is 45.2 Å². The Balaban J connectivity index is 1.42. The number of ether oxygens (including phenoxy) is 3. The molecule has 1 saturated carbocycles. The molecule has 1 aliphatic heterocycles. The predicted octanol–water partition coefficient (Wildman–Crippen LogP) is 4.07. The molecule has 0 saturated heterocycles. The van der Waals surface area contributed by atoms with Crippen LogP contribution in [0, 0.1) is 6.92 Å². The third kappa shape index (κ3) is 4.69. The Morgan fingerprint density at radius 3 is 2.62 bits per heavy atom. The van der Waals surface area contributed by atoms with Crippen LogP contribution in [0.3, 0.4) is 0 Å². The fraction of sp³-hybridized carbons (Fsp3) is 0.360. The molecule has 1 aliphatic carbocycles. The van der Waals surface area contributed by atoms with Gasteiger partial charge in [0.2, 0.25) is 11.8 Å². The van der Waals surface area contributed by atoms with Crippen molar-refractivity contribution in [1.29, 1.82) is 0 Å². The Kier molecular flexibility index (Phi) is 6.20. The average Bonchev–Trinajstić information content (AvgIpc) is 3.53. The van der Waals surface area contributed by atoms with Crippen LogP contribution in [0.4, 0.5) is 8.78 Å². The van der Waals surface area contributed by atoms with Gasteiger partial charge in [-0.15, -0.1) is 8.78 Å². The lowest BCUT2D eigenvalue weighted by Gasteiger charge is -2.15. The van der Waals surface area contributed by atoms with Crippen molar-refractivity contribution in [2.75, 3.05) is 20.7 Å². The standard InChI is InChI=1S/C25H27F2N3O4/c1-15(22(28-3)17-12-16(2)30-21(13-17)32-4)6-5-11-29-23(31)24(9-10-24)18-7-8-19-20(14-18)34-25(26,27)33-19/h5-8,12-14,28H,9-11H2,1-4H3,(H,29,31)/b6-5-,22-15-. The number of hydrogen-bond acceptors (Lipinski definition) is 6. The first-order chi connectivity index (χ1) is 16.2. The number of fused-ring (bicyclic) bond motifs is 1. The van der Waals surface area contributed by atoms with Crippen molar-refractivity contribution < 1.29 is 27.8 Å². The van der Waals surface area contributed by atoms with Gasteiger partial charge in [-0.25, -0.2) is 4.98 Å². The number of rotatable bonds is 8. The second-order valence-electron chi connectivity index (χ2n) is 8.37. The van der Waals surface area contributed by atoms with E-state index >= 15 is 0 Å². The minimum absolute atomic E-state index is 0.0301. The zero-order chi connectivity index (χ0) is 24.5. The van der Waals surface area contributed by atoms with Crippen LogP contribution in [0.15, 0.2) is 48.1 Å². The van der Waals surface area contributed by atoms with Crippen molar-refractivity contribution in [3.63, 3.8) is 0 Å². The molecule has 2 heterocycles. The van der Waals surface area contributed by atoms with Crippen LogP contribution in [0.2, 0.25) is 0 Å². The molecule has 0 bridgehead atoms. The maximum absolute atomic E-state index is 13.3. The van der Waals surface area contributed by atoms with Gasteiger partial charge in [-0.1, -0.05) is 18.2 Å². The molecule has 2 N–H and O–H groups in total. The molecule has 0 radical (unpaired) electrons. The first kappa shape index (κ1) is 23.5. The molecule has 4 rings (SSSR count). The molecule has 1 aromatic heterocycles. The highest BCUT2D eigenvalue weighted by Crippen LogP contribution is 2.51. The second-order valence-corrected chi connectivity index (χ2v) is 8.37. The quantitative estimate of drug-likeness (QED) is 0.565. The summed E-state index contributed by atoms with van der Waals surface area (Å²) in [5.74, 6) is 0.309. The van der Waals surface area contributed by atoms with E-state index in [9.17, 15) is 13.6 Å². The highest BCUT2D eigenvalue weighted by atomic mass is 19.3. The molecule has 1 fully saturated rings. The van der Waals surface area contributed by atoms with Crippen LogP contribution in [-0.4, -0.2) is 37.9 Å². The molecule has 0 atom stereocenters. The number of benzene rings is 1. The summed E-state index contributed by atoms with van der Waals surface area (Å²) in [7, 11) is 3.42. The first-order valence-corrected chi connectivity index (χ1v) is 10.9. The van der Waals surface area contributed by atoms with Gasteiger partial charge >= 0.3 is 6.29 Å². The largest absolute Gasteiger partial charge is 0.586 e. The SMILES string of the molecule is CN/C(=C(C)\C=C/CNC(=O)C1(c2ccc3c(c2)OC(F)(F)O3)CC1)c1cc(C)nc(OC)c1. The van der Waals surface area contributed by atoms with Crippen molar-refractivity contribution in [2.24, 2.45) is 0 Å². The van der Waals surface area contributed by atoms with Crippen molar-refractivity contribution in [2.45, 2.75) is 38.4 Å².